The van der Waals surface area contributed by atoms with Crippen molar-refractivity contribution in [3.05, 3.63) is 48.3 Å². The number of benzene rings is 1. The van der Waals surface area contributed by atoms with Gasteiger partial charge >= 0.3 is 30.5 Å². The molecular weight excluding hydrogens is 600 g/mol. The number of ether oxygens (including phenoxy) is 1. The molecule has 2 heterocycles. The third-order valence-electron chi connectivity index (χ3n) is 5.44. The molecule has 1 aliphatic heterocycles. The minimum atomic E-state index is -5.09. The second kappa shape index (κ2) is 13.4. The first-order valence-corrected chi connectivity index (χ1v) is 11.7. The van der Waals surface area contributed by atoms with E-state index in [1.807, 2.05) is 0 Å². The average molecular weight is 623 g/mol. The molecule has 0 aliphatic carbocycles. The largest absolute Gasteiger partial charge is 0.573 e. The molecular formula is C24H23F6N5O8. The van der Waals surface area contributed by atoms with E-state index >= 15 is 0 Å². The van der Waals surface area contributed by atoms with Gasteiger partial charge < -0.3 is 25.2 Å². The predicted molar refractivity (Wildman–Crippen MR) is 133 cm³/mol. The Labute approximate surface area is 238 Å². The minimum Gasteiger partial charge on any atom is -0.480 e. The summed E-state index contributed by atoms with van der Waals surface area (Å²) >= 11 is 0. The van der Waals surface area contributed by atoms with E-state index in [2.05, 4.69) is 20.4 Å². The van der Waals surface area contributed by atoms with Crippen LogP contribution in [0.5, 0.6) is 5.75 Å². The molecule has 0 spiro atoms. The number of imide groups is 1. The molecule has 1 aromatic carbocycles. The van der Waals surface area contributed by atoms with Gasteiger partial charge in [-0.3, -0.25) is 24.7 Å². The van der Waals surface area contributed by atoms with Crippen molar-refractivity contribution >= 4 is 41.2 Å². The van der Waals surface area contributed by atoms with E-state index in [1.54, 1.807) is 12.1 Å². The summed E-state index contributed by atoms with van der Waals surface area (Å²) in [6, 6.07) is 5.57. The zero-order valence-electron chi connectivity index (χ0n) is 22.1. The van der Waals surface area contributed by atoms with Crippen molar-refractivity contribution in [2.24, 2.45) is 0 Å². The van der Waals surface area contributed by atoms with E-state index in [0.717, 1.165) is 23.1 Å². The highest BCUT2D eigenvalue weighted by Crippen LogP contribution is 2.38. The Balaban J connectivity index is 0.000000821. The Morgan fingerprint density at radius 3 is 2.07 bits per heavy atom. The molecule has 4 amide bonds. The second-order valence-electron chi connectivity index (χ2n) is 9.00. The van der Waals surface area contributed by atoms with Crippen molar-refractivity contribution < 1.29 is 65.3 Å². The number of halogens is 6. The molecule has 19 heteroatoms. The lowest BCUT2D eigenvalue weighted by Crippen LogP contribution is -2.43. The van der Waals surface area contributed by atoms with Gasteiger partial charge in [0.2, 0.25) is 5.91 Å². The maximum atomic E-state index is 13.2. The number of amides is 4. The van der Waals surface area contributed by atoms with E-state index in [-0.39, 0.29) is 12.2 Å². The normalized spacial score (nSPS) is 14.6. The second-order valence-corrected chi connectivity index (χ2v) is 9.00. The first kappa shape index (κ1) is 34.3. The number of carbonyl (C=O) groups is 5. The topological polar surface area (TPSA) is 178 Å². The lowest BCUT2D eigenvalue weighted by molar-refractivity contribution is -0.274. The standard InChI is InChI=1S/C22H22F3N5O6.C2HF3O2/c1-21(2)19(34)30(20(35)29(21)12-13-5-7-26-8-6-13)14-3-4-16(36-22(23,24)25)15(9-14)28-17(31)10-27-11-18(32)33;3-2(4,5)1(6)7/h3-9,27H,10-12H2,1-2H3,(H,28,31)(H,32,33);(H,6,7). The highest BCUT2D eigenvalue weighted by molar-refractivity contribution is 6.23. The highest BCUT2D eigenvalue weighted by Gasteiger charge is 2.52. The number of nitrogens with one attached hydrogen (secondary N) is 2. The zero-order chi connectivity index (χ0) is 32.8. The number of pyridine rings is 1. The maximum absolute atomic E-state index is 13.2. The summed E-state index contributed by atoms with van der Waals surface area (Å²) in [5.41, 5.74) is -1.15. The van der Waals surface area contributed by atoms with Crippen molar-refractivity contribution in [1.29, 1.82) is 0 Å². The van der Waals surface area contributed by atoms with E-state index in [1.165, 1.54) is 31.1 Å². The molecule has 1 aliphatic rings. The molecule has 0 saturated carbocycles. The zero-order valence-corrected chi connectivity index (χ0v) is 22.1. The molecule has 2 aromatic rings. The van der Waals surface area contributed by atoms with Crippen molar-refractivity contribution in [3.63, 3.8) is 0 Å². The van der Waals surface area contributed by atoms with Crippen LogP contribution >= 0.6 is 0 Å². The summed E-state index contributed by atoms with van der Waals surface area (Å²) in [5, 5.41) is 20.2. The molecule has 234 valence electrons. The first-order valence-electron chi connectivity index (χ1n) is 11.7. The quantitative estimate of drug-likeness (QED) is 0.240. The minimum absolute atomic E-state index is 0.0741. The van der Waals surface area contributed by atoms with E-state index in [9.17, 15) is 45.5 Å². The summed E-state index contributed by atoms with van der Waals surface area (Å²) in [7, 11) is 0. The predicted octanol–water partition coefficient (Wildman–Crippen LogP) is 2.97. The van der Waals surface area contributed by atoms with Crippen LogP contribution in [-0.2, 0) is 25.7 Å². The SMILES string of the molecule is CC1(C)C(=O)N(c2ccc(OC(F)(F)F)c(NC(=O)CNCC(=O)O)c2)C(=O)N1Cc1ccncc1.O=C(O)C(F)(F)F. The van der Waals surface area contributed by atoms with Crippen LogP contribution in [0.4, 0.5) is 42.5 Å². The third-order valence-corrected chi connectivity index (χ3v) is 5.44. The molecule has 1 aromatic heterocycles. The summed E-state index contributed by atoms with van der Waals surface area (Å²) in [6.07, 6.45) is -7.12. The van der Waals surface area contributed by atoms with Gasteiger partial charge in [-0.05, 0) is 49.7 Å². The number of carbonyl (C=O) groups excluding carboxylic acids is 3. The number of hydrogen-bond acceptors (Lipinski definition) is 8. The number of aromatic nitrogens is 1. The first-order chi connectivity index (χ1) is 19.7. The fourth-order valence-corrected chi connectivity index (χ4v) is 3.45. The van der Waals surface area contributed by atoms with Crippen molar-refractivity contribution in [2.75, 3.05) is 23.3 Å². The van der Waals surface area contributed by atoms with Gasteiger partial charge in [0, 0.05) is 18.9 Å². The molecule has 0 bridgehead atoms. The molecule has 13 nitrogen and oxygen atoms in total. The van der Waals surface area contributed by atoms with Gasteiger partial charge in [0.1, 0.15) is 5.54 Å². The van der Waals surface area contributed by atoms with Gasteiger partial charge in [0.15, 0.2) is 5.75 Å². The van der Waals surface area contributed by atoms with Crippen LogP contribution in [-0.4, -0.2) is 81.0 Å². The number of carboxylic acid groups (broad SMARTS) is 2. The summed E-state index contributed by atoms with van der Waals surface area (Å²) < 4.78 is 74.4. The number of rotatable bonds is 9. The molecule has 0 unspecified atom stereocenters. The fraction of sp³-hybridized carbons (Fsp3) is 0.333. The highest BCUT2D eigenvalue weighted by atomic mass is 19.4. The van der Waals surface area contributed by atoms with Gasteiger partial charge in [-0.15, -0.1) is 13.2 Å². The van der Waals surface area contributed by atoms with Crippen molar-refractivity contribution in [1.82, 2.24) is 15.2 Å². The number of urea groups is 1. The van der Waals surface area contributed by atoms with Crippen LogP contribution in [0.1, 0.15) is 19.4 Å². The molecule has 4 N–H and O–H groups in total. The lowest BCUT2D eigenvalue weighted by atomic mass is 10.0. The molecule has 43 heavy (non-hydrogen) atoms. The lowest BCUT2D eigenvalue weighted by Gasteiger charge is -2.27. The Kier molecular flexibility index (Phi) is 10.6. The number of aliphatic carboxylic acids is 2. The molecule has 1 saturated heterocycles. The maximum Gasteiger partial charge on any atom is 0.573 e. The van der Waals surface area contributed by atoms with E-state index in [0.29, 0.717) is 5.56 Å². The number of hydrogen-bond donors (Lipinski definition) is 4. The third kappa shape index (κ3) is 9.55. The van der Waals surface area contributed by atoms with E-state index in [4.69, 9.17) is 15.0 Å². The smallest absolute Gasteiger partial charge is 0.480 e. The average Bonchev–Trinajstić information content (AvgIpc) is 3.03. The van der Waals surface area contributed by atoms with E-state index < -0.39 is 72.4 Å². The molecule has 1 fully saturated rings. The Hall–Kier alpha value is -4.94. The molecule has 0 atom stereocenters. The number of anilines is 2. The summed E-state index contributed by atoms with van der Waals surface area (Å²) in [6.45, 7) is 2.05. The van der Waals surface area contributed by atoms with Crippen molar-refractivity contribution in [3.8, 4) is 5.75 Å². The number of carboxylic acids is 2. The monoisotopic (exact) mass is 623 g/mol. The van der Waals surface area contributed by atoms with Crippen molar-refractivity contribution in [2.45, 2.75) is 38.5 Å². The summed E-state index contributed by atoms with van der Waals surface area (Å²) in [4.78, 5) is 64.1. The summed E-state index contributed by atoms with van der Waals surface area (Å²) in [5.74, 6) is -6.29. The van der Waals surface area contributed by atoms with Gasteiger partial charge in [-0.1, -0.05) is 0 Å². The number of alkyl halides is 6. The molecule has 3 rings (SSSR count). The van der Waals surface area contributed by atoms with Crippen LogP contribution in [0.2, 0.25) is 0 Å². The Bertz CT molecular complexity index is 1370. The Morgan fingerprint density at radius 1 is 0.977 bits per heavy atom. The van der Waals surface area contributed by atoms with Gasteiger partial charge in [0.05, 0.1) is 24.5 Å². The van der Waals surface area contributed by atoms with Crippen LogP contribution in [0.25, 0.3) is 0 Å². The van der Waals surface area contributed by atoms with Crippen LogP contribution in [0.3, 0.4) is 0 Å². The van der Waals surface area contributed by atoms with Crippen LogP contribution in [0.15, 0.2) is 42.7 Å². The fourth-order valence-electron chi connectivity index (χ4n) is 3.45. The van der Waals surface area contributed by atoms with Crippen LogP contribution < -0.4 is 20.3 Å². The Morgan fingerprint density at radius 2 is 1.56 bits per heavy atom. The number of nitrogens with zero attached hydrogens (tertiary/aromatic N) is 3. The van der Waals surface area contributed by atoms with Gasteiger partial charge in [0.25, 0.3) is 5.91 Å². The van der Waals surface area contributed by atoms with Gasteiger partial charge in [-0.2, -0.15) is 13.2 Å². The molecule has 0 radical (unpaired) electrons. The van der Waals surface area contributed by atoms with Gasteiger partial charge in [-0.25, -0.2) is 14.5 Å². The van der Waals surface area contributed by atoms with Crippen LogP contribution in [0, 0.1) is 0 Å².